The van der Waals surface area contributed by atoms with Crippen molar-refractivity contribution in [3.05, 3.63) is 78.0 Å². The molecular formula is C25H26N4O. The van der Waals surface area contributed by atoms with Crippen LogP contribution in [0.3, 0.4) is 0 Å². The van der Waals surface area contributed by atoms with Gasteiger partial charge in [0.2, 0.25) is 0 Å². The third kappa shape index (κ3) is 3.71. The topological polar surface area (TPSA) is 73.8 Å². The summed E-state index contributed by atoms with van der Waals surface area (Å²) in [6, 6.07) is 19.5. The number of ketones is 1. The first-order valence-electron chi connectivity index (χ1n) is 10.2. The van der Waals surface area contributed by atoms with E-state index in [-0.39, 0.29) is 5.78 Å². The number of anilines is 1. The fourth-order valence-electron chi connectivity index (χ4n) is 3.69. The molecule has 0 atom stereocenters. The highest BCUT2D eigenvalue weighted by Crippen LogP contribution is 2.35. The molecule has 0 spiro atoms. The quantitative estimate of drug-likeness (QED) is 0.442. The van der Waals surface area contributed by atoms with Gasteiger partial charge in [-0.25, -0.2) is 9.67 Å². The first kappa shape index (κ1) is 19.8. The molecule has 0 amide bonds. The Balaban J connectivity index is 1.72. The van der Waals surface area contributed by atoms with Crippen LogP contribution in [-0.4, -0.2) is 20.5 Å². The zero-order valence-electron chi connectivity index (χ0n) is 17.6. The summed E-state index contributed by atoms with van der Waals surface area (Å²) < 4.78 is 1.92. The normalized spacial score (nSPS) is 11.7. The highest BCUT2D eigenvalue weighted by atomic mass is 16.1. The molecule has 152 valence electrons. The van der Waals surface area contributed by atoms with Gasteiger partial charge in [-0.1, -0.05) is 60.2 Å². The molecular weight excluding hydrogens is 372 g/mol. The van der Waals surface area contributed by atoms with Crippen LogP contribution in [0.5, 0.6) is 0 Å². The van der Waals surface area contributed by atoms with Crippen LogP contribution >= 0.6 is 0 Å². The minimum absolute atomic E-state index is 0.131. The number of rotatable bonds is 6. The van der Waals surface area contributed by atoms with Crippen LogP contribution in [0.15, 0.2) is 66.9 Å². The SMILES string of the molecule is Cc1ccc(-c2nn(C(C)(C)CCC(=O)c3ccccc3)c3nccc(N)c23)cc1. The summed E-state index contributed by atoms with van der Waals surface area (Å²) in [6.07, 6.45) is 2.78. The number of pyridine rings is 1. The summed E-state index contributed by atoms with van der Waals surface area (Å²) in [7, 11) is 0. The summed E-state index contributed by atoms with van der Waals surface area (Å²) in [5.74, 6) is 0.131. The summed E-state index contributed by atoms with van der Waals surface area (Å²) in [6.45, 7) is 6.23. The Morgan fingerprint density at radius 2 is 1.73 bits per heavy atom. The Bertz CT molecular complexity index is 1190. The molecule has 5 heteroatoms. The van der Waals surface area contributed by atoms with Crippen LogP contribution in [0.25, 0.3) is 22.3 Å². The molecule has 0 radical (unpaired) electrons. The van der Waals surface area contributed by atoms with Crippen molar-refractivity contribution >= 4 is 22.5 Å². The molecule has 30 heavy (non-hydrogen) atoms. The van der Waals surface area contributed by atoms with Crippen molar-refractivity contribution < 1.29 is 4.79 Å². The fourth-order valence-corrected chi connectivity index (χ4v) is 3.69. The van der Waals surface area contributed by atoms with E-state index in [9.17, 15) is 4.79 Å². The van der Waals surface area contributed by atoms with Crippen molar-refractivity contribution in [2.24, 2.45) is 0 Å². The van der Waals surface area contributed by atoms with Gasteiger partial charge < -0.3 is 5.73 Å². The molecule has 4 rings (SSSR count). The van der Waals surface area contributed by atoms with Gasteiger partial charge >= 0.3 is 0 Å². The van der Waals surface area contributed by atoms with Crippen molar-refractivity contribution in [3.63, 3.8) is 0 Å². The van der Waals surface area contributed by atoms with Gasteiger partial charge in [-0.2, -0.15) is 5.10 Å². The van der Waals surface area contributed by atoms with Gasteiger partial charge in [0, 0.05) is 29.4 Å². The molecule has 0 fully saturated rings. The average molecular weight is 399 g/mol. The zero-order chi connectivity index (χ0) is 21.3. The van der Waals surface area contributed by atoms with Crippen LogP contribution in [0, 0.1) is 6.92 Å². The van der Waals surface area contributed by atoms with E-state index in [4.69, 9.17) is 10.8 Å². The van der Waals surface area contributed by atoms with E-state index in [1.54, 1.807) is 12.3 Å². The lowest BCUT2D eigenvalue weighted by atomic mass is 9.95. The van der Waals surface area contributed by atoms with Crippen molar-refractivity contribution in [1.82, 2.24) is 14.8 Å². The number of hydrogen-bond donors (Lipinski definition) is 1. The number of nitrogens with zero attached hydrogens (tertiary/aromatic N) is 3. The van der Waals surface area contributed by atoms with Crippen LogP contribution in [0.1, 0.15) is 42.6 Å². The number of benzene rings is 2. The molecule has 2 aromatic heterocycles. The maximum Gasteiger partial charge on any atom is 0.162 e. The highest BCUT2D eigenvalue weighted by Gasteiger charge is 2.28. The second kappa shape index (κ2) is 7.75. The van der Waals surface area contributed by atoms with Gasteiger partial charge in [-0.05, 0) is 33.3 Å². The van der Waals surface area contributed by atoms with E-state index < -0.39 is 5.54 Å². The van der Waals surface area contributed by atoms with E-state index in [1.165, 1.54) is 5.56 Å². The number of fused-ring (bicyclic) bond motifs is 1. The zero-order valence-corrected chi connectivity index (χ0v) is 17.6. The second-order valence-corrected chi connectivity index (χ2v) is 8.33. The molecule has 0 saturated heterocycles. The van der Waals surface area contributed by atoms with Crippen molar-refractivity contribution in [1.29, 1.82) is 0 Å². The Labute approximate surface area is 176 Å². The van der Waals surface area contributed by atoms with Crippen LogP contribution in [-0.2, 0) is 5.54 Å². The smallest absolute Gasteiger partial charge is 0.162 e. The molecule has 0 saturated carbocycles. The number of carbonyl (C=O) groups excluding carboxylic acids is 1. The number of carbonyl (C=O) groups is 1. The molecule has 5 nitrogen and oxygen atoms in total. The summed E-state index contributed by atoms with van der Waals surface area (Å²) in [5.41, 5.74) is 11.1. The maximum absolute atomic E-state index is 12.6. The van der Waals surface area contributed by atoms with Crippen molar-refractivity contribution in [2.75, 3.05) is 5.73 Å². The Morgan fingerprint density at radius 3 is 2.43 bits per heavy atom. The lowest BCUT2D eigenvalue weighted by Gasteiger charge is -2.25. The largest absolute Gasteiger partial charge is 0.398 e. The minimum Gasteiger partial charge on any atom is -0.398 e. The standard InChI is InChI=1S/C25H26N4O/c1-17-9-11-19(12-10-17)23-22-20(26)14-16-27-24(22)29(28-23)25(2,3)15-13-21(30)18-7-5-4-6-8-18/h4-12,14,16H,13,15H2,1-3H3,(H2,26,27). The molecule has 2 N–H and O–H groups in total. The van der Waals surface area contributed by atoms with Crippen molar-refractivity contribution in [2.45, 2.75) is 39.2 Å². The maximum atomic E-state index is 12.6. The highest BCUT2D eigenvalue weighted by molar-refractivity contribution is 6.00. The number of Topliss-reactive ketones (excluding diaryl/α,β-unsaturated/α-hetero) is 1. The van der Waals surface area contributed by atoms with E-state index in [0.29, 0.717) is 18.5 Å². The first-order chi connectivity index (χ1) is 14.4. The number of hydrogen-bond acceptors (Lipinski definition) is 4. The van der Waals surface area contributed by atoms with Gasteiger partial charge in [0.25, 0.3) is 0 Å². The molecule has 0 aliphatic rings. The lowest BCUT2D eigenvalue weighted by Crippen LogP contribution is -2.28. The third-order valence-corrected chi connectivity index (χ3v) is 5.56. The van der Waals surface area contributed by atoms with E-state index in [0.717, 1.165) is 27.9 Å². The Morgan fingerprint density at radius 1 is 1.03 bits per heavy atom. The summed E-state index contributed by atoms with van der Waals surface area (Å²) >= 11 is 0. The van der Waals surface area contributed by atoms with E-state index >= 15 is 0 Å². The van der Waals surface area contributed by atoms with E-state index in [2.05, 4.69) is 50.0 Å². The monoisotopic (exact) mass is 398 g/mol. The number of nitrogens with two attached hydrogens (primary N) is 1. The molecule has 2 aromatic carbocycles. The number of aryl methyl sites for hydroxylation is 1. The average Bonchev–Trinajstić information content (AvgIpc) is 3.15. The third-order valence-electron chi connectivity index (χ3n) is 5.56. The first-order valence-corrected chi connectivity index (χ1v) is 10.2. The van der Waals surface area contributed by atoms with Gasteiger partial charge in [-0.3, -0.25) is 4.79 Å². The van der Waals surface area contributed by atoms with Gasteiger partial charge in [-0.15, -0.1) is 0 Å². The Kier molecular flexibility index (Phi) is 5.12. The van der Waals surface area contributed by atoms with E-state index in [1.807, 2.05) is 35.0 Å². The predicted octanol–water partition coefficient (Wildman–Crippen LogP) is 5.39. The van der Waals surface area contributed by atoms with Crippen LogP contribution in [0.2, 0.25) is 0 Å². The van der Waals surface area contributed by atoms with Crippen LogP contribution in [0.4, 0.5) is 5.69 Å². The van der Waals surface area contributed by atoms with Gasteiger partial charge in [0.05, 0.1) is 10.9 Å². The molecule has 0 unspecified atom stereocenters. The minimum atomic E-state index is -0.410. The number of nitrogen functional groups attached to an aromatic ring is 1. The summed E-state index contributed by atoms with van der Waals surface area (Å²) in [4.78, 5) is 17.2. The lowest BCUT2D eigenvalue weighted by molar-refractivity contribution is 0.0963. The Hall–Kier alpha value is -3.47. The molecule has 2 heterocycles. The number of aromatic nitrogens is 3. The van der Waals surface area contributed by atoms with Gasteiger partial charge in [0.1, 0.15) is 5.69 Å². The fraction of sp³-hybridized carbons (Fsp3) is 0.240. The van der Waals surface area contributed by atoms with Gasteiger partial charge in [0.15, 0.2) is 11.4 Å². The molecule has 0 aliphatic carbocycles. The predicted molar refractivity (Wildman–Crippen MR) is 121 cm³/mol. The molecule has 0 aliphatic heterocycles. The van der Waals surface area contributed by atoms with Crippen LogP contribution < -0.4 is 5.73 Å². The molecule has 4 aromatic rings. The second-order valence-electron chi connectivity index (χ2n) is 8.33. The van der Waals surface area contributed by atoms with Crippen molar-refractivity contribution in [3.8, 4) is 11.3 Å². The summed E-state index contributed by atoms with van der Waals surface area (Å²) in [5, 5.41) is 5.79. The molecule has 0 bridgehead atoms.